The van der Waals surface area contributed by atoms with Crippen LogP contribution in [0.15, 0.2) is 0 Å². The summed E-state index contributed by atoms with van der Waals surface area (Å²) in [6.07, 6.45) is 0.279. The van der Waals surface area contributed by atoms with Gasteiger partial charge in [0.2, 0.25) is 23.6 Å². The maximum atomic E-state index is 13.5. The second kappa shape index (κ2) is 17.9. The Morgan fingerprint density at radius 2 is 1.21 bits per heavy atom. The summed E-state index contributed by atoms with van der Waals surface area (Å²) in [5.74, 6) is -6.49. The number of carbonyl (C=O) groups is 7. The first-order chi connectivity index (χ1) is 20.1. The molecule has 0 saturated carbocycles. The average Bonchev–Trinajstić information content (AvgIpc) is 3.45. The molecule has 1 heterocycles. The molecule has 0 radical (unpaired) electrons. The van der Waals surface area contributed by atoms with Crippen LogP contribution in [0.4, 0.5) is 4.79 Å². The van der Waals surface area contributed by atoms with E-state index in [9.17, 15) is 43.8 Å². The molecule has 1 rings (SSSR count). The van der Waals surface area contributed by atoms with Crippen molar-refractivity contribution in [3.05, 3.63) is 0 Å². The van der Waals surface area contributed by atoms with Crippen molar-refractivity contribution >= 4 is 41.6 Å². The molecule has 43 heavy (non-hydrogen) atoms. The SMILES string of the molecule is CCN(CC)C(=O)NC(C(=O)NC(CC(=O)N1CCCC1)C(=O)NC(CC(=O)O)C(=O)NC(CC(C)C)C(=O)O)C(C)C. The number of hydrogen-bond donors (Lipinski definition) is 6. The molecule has 0 spiro atoms. The average molecular weight is 613 g/mol. The number of carboxylic acid groups (broad SMARTS) is 2. The number of carbonyl (C=O) groups excluding carboxylic acids is 5. The fourth-order valence-electron chi connectivity index (χ4n) is 4.63. The van der Waals surface area contributed by atoms with E-state index in [-0.39, 0.29) is 12.3 Å². The third-order valence-electron chi connectivity index (χ3n) is 7.08. The van der Waals surface area contributed by atoms with Crippen molar-refractivity contribution in [3.8, 4) is 0 Å². The minimum atomic E-state index is -1.69. The van der Waals surface area contributed by atoms with Gasteiger partial charge in [0.25, 0.3) is 0 Å². The normalized spacial score (nSPS) is 15.7. The Hall–Kier alpha value is -3.91. The minimum absolute atomic E-state index is 0.0631. The molecule has 1 aliphatic heterocycles. The molecule has 15 nitrogen and oxygen atoms in total. The van der Waals surface area contributed by atoms with E-state index in [1.807, 2.05) is 0 Å². The lowest BCUT2D eigenvalue weighted by Gasteiger charge is -2.29. The van der Waals surface area contributed by atoms with Gasteiger partial charge in [-0.2, -0.15) is 0 Å². The number of amides is 6. The summed E-state index contributed by atoms with van der Waals surface area (Å²) in [5, 5.41) is 28.6. The van der Waals surface area contributed by atoms with Crippen LogP contribution in [0, 0.1) is 11.8 Å². The maximum absolute atomic E-state index is 13.5. The van der Waals surface area contributed by atoms with Crippen LogP contribution < -0.4 is 21.3 Å². The number of hydrogen-bond acceptors (Lipinski definition) is 7. The van der Waals surface area contributed by atoms with Gasteiger partial charge in [-0.3, -0.25) is 24.0 Å². The molecular formula is C28H48N6O9. The summed E-state index contributed by atoms with van der Waals surface area (Å²) in [6, 6.07) is -6.09. The van der Waals surface area contributed by atoms with E-state index in [1.54, 1.807) is 46.4 Å². The zero-order valence-electron chi connectivity index (χ0n) is 26.0. The highest BCUT2D eigenvalue weighted by atomic mass is 16.4. The van der Waals surface area contributed by atoms with Crippen LogP contribution in [-0.2, 0) is 28.8 Å². The van der Waals surface area contributed by atoms with Crippen LogP contribution in [-0.4, -0.2) is 112 Å². The summed E-state index contributed by atoms with van der Waals surface area (Å²) >= 11 is 0. The summed E-state index contributed by atoms with van der Waals surface area (Å²) in [7, 11) is 0. The van der Waals surface area contributed by atoms with Crippen LogP contribution in [0.25, 0.3) is 0 Å². The number of urea groups is 1. The lowest BCUT2D eigenvalue weighted by atomic mass is 10.0. The lowest BCUT2D eigenvalue weighted by molar-refractivity contribution is -0.144. The zero-order chi connectivity index (χ0) is 32.9. The second-order valence-electron chi connectivity index (χ2n) is 11.4. The van der Waals surface area contributed by atoms with Gasteiger partial charge in [-0.25, -0.2) is 9.59 Å². The molecule has 1 saturated heterocycles. The molecular weight excluding hydrogens is 564 g/mol. The topological polar surface area (TPSA) is 215 Å². The van der Waals surface area contributed by atoms with Gasteiger partial charge in [-0.1, -0.05) is 27.7 Å². The summed E-state index contributed by atoms with van der Waals surface area (Å²) in [4.78, 5) is 91.7. The first kappa shape index (κ1) is 37.1. The highest BCUT2D eigenvalue weighted by Crippen LogP contribution is 2.12. The molecule has 15 heteroatoms. The molecule has 1 aliphatic rings. The fourth-order valence-corrected chi connectivity index (χ4v) is 4.63. The Morgan fingerprint density at radius 1 is 0.721 bits per heavy atom. The molecule has 4 unspecified atom stereocenters. The summed E-state index contributed by atoms with van der Waals surface area (Å²) < 4.78 is 0. The first-order valence-electron chi connectivity index (χ1n) is 14.8. The Labute approximate surface area is 252 Å². The minimum Gasteiger partial charge on any atom is -0.481 e. The third kappa shape index (κ3) is 12.5. The van der Waals surface area contributed by atoms with Crippen molar-refractivity contribution in [2.45, 2.75) is 97.8 Å². The first-order valence-corrected chi connectivity index (χ1v) is 14.8. The molecule has 0 bridgehead atoms. The van der Waals surface area contributed by atoms with Crippen LogP contribution in [0.5, 0.6) is 0 Å². The third-order valence-corrected chi connectivity index (χ3v) is 7.08. The predicted octanol–water partition coefficient (Wildman–Crippen LogP) is 0.135. The molecule has 6 amide bonds. The maximum Gasteiger partial charge on any atom is 0.326 e. The van der Waals surface area contributed by atoms with Gasteiger partial charge in [0.05, 0.1) is 12.8 Å². The smallest absolute Gasteiger partial charge is 0.326 e. The molecule has 1 fully saturated rings. The number of nitrogens with zero attached hydrogens (tertiary/aromatic N) is 2. The highest BCUT2D eigenvalue weighted by molar-refractivity contribution is 5.98. The van der Waals surface area contributed by atoms with Gasteiger partial charge >= 0.3 is 18.0 Å². The van der Waals surface area contributed by atoms with E-state index < -0.39 is 84.5 Å². The van der Waals surface area contributed by atoms with Crippen LogP contribution >= 0.6 is 0 Å². The number of nitrogens with one attached hydrogen (secondary N) is 4. The van der Waals surface area contributed by atoms with Crippen LogP contribution in [0.1, 0.15) is 73.6 Å². The Morgan fingerprint density at radius 3 is 1.65 bits per heavy atom. The number of rotatable bonds is 17. The molecule has 0 aliphatic carbocycles. The Kier molecular flexibility index (Phi) is 15.5. The standard InChI is InChI=1S/C28H48N6O9/c1-7-33(8-2)28(43)32-23(17(5)6)26(40)30-18(14-21(35)34-11-9-10-12-34)24(38)29-19(15-22(36)37)25(39)31-20(27(41)42)13-16(3)4/h16-20,23H,7-15H2,1-6H3,(H,29,38)(H,30,40)(H,31,39)(H,32,43)(H,36,37)(H,41,42). The molecule has 0 aromatic rings. The quantitative estimate of drug-likeness (QED) is 0.131. The lowest BCUT2D eigenvalue weighted by Crippen LogP contribution is -2.60. The van der Waals surface area contributed by atoms with Gasteiger partial charge in [0, 0.05) is 26.2 Å². The monoisotopic (exact) mass is 612 g/mol. The van der Waals surface area contributed by atoms with Gasteiger partial charge in [0.1, 0.15) is 24.2 Å². The van der Waals surface area contributed by atoms with Crippen molar-refractivity contribution in [2.75, 3.05) is 26.2 Å². The summed E-state index contributed by atoms with van der Waals surface area (Å²) in [6.45, 7) is 12.2. The summed E-state index contributed by atoms with van der Waals surface area (Å²) in [5.41, 5.74) is 0. The second-order valence-corrected chi connectivity index (χ2v) is 11.4. The van der Waals surface area contributed by atoms with Crippen molar-refractivity contribution in [3.63, 3.8) is 0 Å². The number of carboxylic acids is 2. The fraction of sp³-hybridized carbons (Fsp3) is 0.750. The molecule has 244 valence electrons. The molecule has 0 aromatic carbocycles. The van der Waals surface area contributed by atoms with E-state index in [0.717, 1.165) is 12.8 Å². The van der Waals surface area contributed by atoms with Gasteiger partial charge in [-0.05, 0) is 44.9 Å². The van der Waals surface area contributed by atoms with E-state index in [0.29, 0.717) is 26.2 Å². The van der Waals surface area contributed by atoms with Crippen LogP contribution in [0.3, 0.4) is 0 Å². The largest absolute Gasteiger partial charge is 0.481 e. The Balaban J connectivity index is 3.25. The van der Waals surface area contributed by atoms with E-state index in [2.05, 4.69) is 21.3 Å². The van der Waals surface area contributed by atoms with E-state index in [4.69, 9.17) is 0 Å². The molecule has 4 atom stereocenters. The zero-order valence-corrected chi connectivity index (χ0v) is 26.0. The van der Waals surface area contributed by atoms with Crippen molar-refractivity contribution in [1.82, 2.24) is 31.1 Å². The predicted molar refractivity (Wildman–Crippen MR) is 156 cm³/mol. The van der Waals surface area contributed by atoms with Gasteiger partial charge in [0.15, 0.2) is 0 Å². The number of aliphatic carboxylic acids is 2. The van der Waals surface area contributed by atoms with E-state index in [1.165, 1.54) is 4.90 Å². The van der Waals surface area contributed by atoms with Crippen molar-refractivity contribution in [2.24, 2.45) is 11.8 Å². The number of likely N-dealkylation sites (tertiary alicyclic amines) is 1. The Bertz CT molecular complexity index is 1010. The van der Waals surface area contributed by atoms with Gasteiger partial charge < -0.3 is 41.3 Å². The van der Waals surface area contributed by atoms with Gasteiger partial charge in [-0.15, -0.1) is 0 Å². The van der Waals surface area contributed by atoms with Crippen LogP contribution in [0.2, 0.25) is 0 Å². The molecule has 6 N–H and O–H groups in total. The highest BCUT2D eigenvalue weighted by Gasteiger charge is 2.35. The van der Waals surface area contributed by atoms with Crippen molar-refractivity contribution < 1.29 is 43.8 Å². The molecule has 0 aromatic heterocycles. The van der Waals surface area contributed by atoms with Crippen molar-refractivity contribution in [1.29, 1.82) is 0 Å². The van der Waals surface area contributed by atoms with E-state index >= 15 is 0 Å².